The van der Waals surface area contributed by atoms with Gasteiger partial charge in [0.2, 0.25) is 0 Å². The Bertz CT molecular complexity index is 455. The third-order valence-corrected chi connectivity index (χ3v) is 4.40. The molecule has 19 heavy (non-hydrogen) atoms. The van der Waals surface area contributed by atoms with E-state index < -0.39 is 0 Å². The highest BCUT2D eigenvalue weighted by molar-refractivity contribution is 7.10. The first-order valence-electron chi connectivity index (χ1n) is 6.84. The molecule has 104 valence electrons. The molecule has 2 rings (SSSR count). The molecule has 0 amide bonds. The van der Waals surface area contributed by atoms with Crippen LogP contribution in [-0.4, -0.2) is 49.6 Å². The van der Waals surface area contributed by atoms with Crippen LogP contribution in [0.15, 0.2) is 11.4 Å². The zero-order valence-corrected chi connectivity index (χ0v) is 12.7. The smallest absolute Gasteiger partial charge is 0.0555 e. The molecule has 1 aromatic rings. The first-order chi connectivity index (χ1) is 9.20. The molecular weight excluding hydrogens is 254 g/mol. The molecule has 1 aliphatic rings. The van der Waals surface area contributed by atoms with Crippen molar-refractivity contribution in [3.63, 3.8) is 0 Å². The summed E-state index contributed by atoms with van der Waals surface area (Å²) in [6.07, 6.45) is 2.63. The van der Waals surface area contributed by atoms with Crippen LogP contribution in [0, 0.1) is 11.8 Å². The third kappa shape index (κ3) is 4.05. The Kier molecular flexibility index (Phi) is 5.41. The number of thiophene rings is 1. The molecule has 0 saturated carbocycles. The van der Waals surface area contributed by atoms with Crippen molar-refractivity contribution in [3.05, 3.63) is 21.9 Å². The highest BCUT2D eigenvalue weighted by Gasteiger charge is 2.25. The summed E-state index contributed by atoms with van der Waals surface area (Å²) in [7, 11) is 4.31. The molecular formula is C15H23N3S. The van der Waals surface area contributed by atoms with Crippen molar-refractivity contribution in [2.24, 2.45) is 5.73 Å². The minimum Gasteiger partial charge on any atom is -0.320 e. The molecule has 3 nitrogen and oxygen atoms in total. The second-order valence-corrected chi connectivity index (χ2v) is 6.29. The van der Waals surface area contributed by atoms with E-state index in [1.54, 1.807) is 0 Å². The van der Waals surface area contributed by atoms with E-state index in [0.717, 1.165) is 18.7 Å². The summed E-state index contributed by atoms with van der Waals surface area (Å²) in [4.78, 5) is 6.26. The Labute approximate surface area is 120 Å². The monoisotopic (exact) mass is 277 g/mol. The molecule has 2 heterocycles. The Morgan fingerprint density at radius 2 is 2.37 bits per heavy atom. The standard InChI is InChI=1S/C15H23N3S/c1-17(2)11-14-6-4-9-18(14)12-15-13(5-3-8-16)7-10-19-15/h7,10,14H,4,6,8-9,11-12,16H2,1-2H3. The van der Waals surface area contributed by atoms with Crippen LogP contribution >= 0.6 is 11.3 Å². The van der Waals surface area contributed by atoms with Crippen LogP contribution in [0.1, 0.15) is 23.3 Å². The van der Waals surface area contributed by atoms with Crippen LogP contribution < -0.4 is 5.73 Å². The lowest BCUT2D eigenvalue weighted by molar-refractivity contribution is 0.202. The second kappa shape index (κ2) is 7.06. The van der Waals surface area contributed by atoms with E-state index in [0.29, 0.717) is 12.6 Å². The molecule has 1 saturated heterocycles. The Hall–Kier alpha value is -0.860. The van der Waals surface area contributed by atoms with Crippen molar-refractivity contribution in [2.75, 3.05) is 33.7 Å². The minimum absolute atomic E-state index is 0.433. The van der Waals surface area contributed by atoms with Gasteiger partial charge in [0.25, 0.3) is 0 Å². The Morgan fingerprint density at radius 3 is 3.11 bits per heavy atom. The Morgan fingerprint density at radius 1 is 1.53 bits per heavy atom. The predicted molar refractivity (Wildman–Crippen MR) is 82.2 cm³/mol. The zero-order chi connectivity index (χ0) is 13.7. The molecule has 1 aliphatic heterocycles. The largest absolute Gasteiger partial charge is 0.320 e. The molecule has 0 radical (unpaired) electrons. The maximum absolute atomic E-state index is 5.45. The summed E-state index contributed by atoms with van der Waals surface area (Å²) in [5, 5.41) is 2.13. The lowest BCUT2D eigenvalue weighted by Gasteiger charge is -2.26. The average molecular weight is 277 g/mol. The molecule has 0 bridgehead atoms. The van der Waals surface area contributed by atoms with Gasteiger partial charge < -0.3 is 10.6 Å². The van der Waals surface area contributed by atoms with Crippen molar-refractivity contribution in [1.82, 2.24) is 9.80 Å². The highest BCUT2D eigenvalue weighted by atomic mass is 32.1. The summed E-state index contributed by atoms with van der Waals surface area (Å²) in [5.41, 5.74) is 6.61. The number of likely N-dealkylation sites (tertiary alicyclic amines) is 1. The fourth-order valence-corrected chi connectivity index (χ4v) is 3.49. The van der Waals surface area contributed by atoms with Gasteiger partial charge in [-0.2, -0.15) is 0 Å². The average Bonchev–Trinajstić information content (AvgIpc) is 2.97. The van der Waals surface area contributed by atoms with Gasteiger partial charge in [-0.05, 0) is 44.9 Å². The van der Waals surface area contributed by atoms with Gasteiger partial charge in [-0.3, -0.25) is 4.90 Å². The van der Waals surface area contributed by atoms with Gasteiger partial charge in [-0.1, -0.05) is 11.8 Å². The fourth-order valence-electron chi connectivity index (χ4n) is 2.64. The topological polar surface area (TPSA) is 32.5 Å². The summed E-state index contributed by atoms with van der Waals surface area (Å²) in [6, 6.07) is 2.80. The van der Waals surface area contributed by atoms with E-state index in [1.165, 1.54) is 24.3 Å². The van der Waals surface area contributed by atoms with Crippen LogP contribution in [0.3, 0.4) is 0 Å². The molecule has 0 spiro atoms. The van der Waals surface area contributed by atoms with Crippen molar-refractivity contribution in [2.45, 2.75) is 25.4 Å². The lowest BCUT2D eigenvalue weighted by Crippen LogP contribution is -2.37. The van der Waals surface area contributed by atoms with Crippen LogP contribution in [0.5, 0.6) is 0 Å². The molecule has 1 fully saturated rings. The van der Waals surface area contributed by atoms with Crippen LogP contribution in [0.4, 0.5) is 0 Å². The first kappa shape index (κ1) is 14.5. The number of hydrogen-bond acceptors (Lipinski definition) is 4. The van der Waals surface area contributed by atoms with E-state index in [2.05, 4.69) is 47.2 Å². The number of nitrogens with two attached hydrogens (primary N) is 1. The number of nitrogens with zero attached hydrogens (tertiary/aromatic N) is 2. The third-order valence-electron chi connectivity index (χ3n) is 3.49. The van der Waals surface area contributed by atoms with Crippen molar-refractivity contribution >= 4 is 11.3 Å². The summed E-state index contributed by atoms with van der Waals surface area (Å²) < 4.78 is 0. The molecule has 4 heteroatoms. The highest BCUT2D eigenvalue weighted by Crippen LogP contribution is 2.24. The second-order valence-electron chi connectivity index (χ2n) is 5.29. The maximum Gasteiger partial charge on any atom is 0.0555 e. The van der Waals surface area contributed by atoms with Gasteiger partial charge in [-0.25, -0.2) is 0 Å². The molecule has 1 atom stereocenters. The minimum atomic E-state index is 0.433. The molecule has 2 N–H and O–H groups in total. The summed E-state index contributed by atoms with van der Waals surface area (Å²) in [5.74, 6) is 6.14. The van der Waals surface area contributed by atoms with E-state index in [4.69, 9.17) is 5.73 Å². The van der Waals surface area contributed by atoms with Gasteiger partial charge in [0, 0.05) is 29.6 Å². The summed E-state index contributed by atoms with van der Waals surface area (Å²) in [6.45, 7) is 3.82. The predicted octanol–water partition coefficient (Wildman–Crippen LogP) is 1.58. The Balaban J connectivity index is 2.02. The van der Waals surface area contributed by atoms with E-state index in [9.17, 15) is 0 Å². The van der Waals surface area contributed by atoms with Crippen LogP contribution in [0.25, 0.3) is 0 Å². The van der Waals surface area contributed by atoms with Gasteiger partial charge in [0.05, 0.1) is 6.54 Å². The molecule has 1 unspecified atom stereocenters. The van der Waals surface area contributed by atoms with Crippen molar-refractivity contribution < 1.29 is 0 Å². The quantitative estimate of drug-likeness (QED) is 0.848. The lowest BCUT2D eigenvalue weighted by atomic mass is 10.2. The molecule has 0 aromatic carbocycles. The number of rotatable bonds is 4. The van der Waals surface area contributed by atoms with E-state index in [1.807, 2.05) is 11.3 Å². The first-order valence-corrected chi connectivity index (χ1v) is 7.72. The number of hydrogen-bond donors (Lipinski definition) is 1. The van der Waals surface area contributed by atoms with Crippen molar-refractivity contribution in [3.8, 4) is 11.8 Å². The van der Waals surface area contributed by atoms with E-state index in [-0.39, 0.29) is 0 Å². The van der Waals surface area contributed by atoms with Gasteiger partial charge in [0.1, 0.15) is 0 Å². The number of likely N-dealkylation sites (N-methyl/N-ethyl adjacent to an activating group) is 1. The normalized spacial score (nSPS) is 19.7. The fraction of sp³-hybridized carbons (Fsp3) is 0.600. The van der Waals surface area contributed by atoms with Gasteiger partial charge in [-0.15, -0.1) is 11.3 Å². The van der Waals surface area contributed by atoms with Crippen LogP contribution in [-0.2, 0) is 6.54 Å². The van der Waals surface area contributed by atoms with E-state index >= 15 is 0 Å². The maximum atomic E-state index is 5.45. The van der Waals surface area contributed by atoms with Crippen LogP contribution in [0.2, 0.25) is 0 Å². The molecule has 1 aromatic heterocycles. The van der Waals surface area contributed by atoms with Gasteiger partial charge in [0.15, 0.2) is 0 Å². The zero-order valence-electron chi connectivity index (χ0n) is 11.9. The van der Waals surface area contributed by atoms with Gasteiger partial charge >= 0.3 is 0 Å². The SMILES string of the molecule is CN(C)CC1CCCN1Cc1sccc1C#CCN. The van der Waals surface area contributed by atoms with Crippen molar-refractivity contribution in [1.29, 1.82) is 0 Å². The summed E-state index contributed by atoms with van der Waals surface area (Å²) >= 11 is 1.81. The molecule has 0 aliphatic carbocycles.